The van der Waals surface area contributed by atoms with Crippen molar-refractivity contribution in [2.24, 2.45) is 0 Å². The number of benzene rings is 4. The molecular formula is C22H18BNO2. The average Bonchev–Trinajstić information content (AvgIpc) is 2.65. The Morgan fingerprint density at radius 3 is 1.85 bits per heavy atom. The van der Waals surface area contributed by atoms with E-state index in [2.05, 4.69) is 83.8 Å². The van der Waals surface area contributed by atoms with Gasteiger partial charge in [-0.1, -0.05) is 0 Å². The number of hydrogen-bond donors (Lipinski definition) is 0. The second-order valence-electron chi connectivity index (χ2n) is 5.76. The van der Waals surface area contributed by atoms with Crippen molar-refractivity contribution < 1.29 is 11.0 Å². The van der Waals surface area contributed by atoms with Crippen molar-refractivity contribution in [3.05, 3.63) is 97.1 Å². The van der Waals surface area contributed by atoms with Crippen LogP contribution in [0, 0.1) is 0 Å². The van der Waals surface area contributed by atoms with Gasteiger partial charge < -0.3 is 11.0 Å². The molecule has 0 heterocycles. The van der Waals surface area contributed by atoms with E-state index in [-0.39, 0.29) is 11.0 Å². The molecule has 0 radical (unpaired) electrons. The quantitative estimate of drug-likeness (QED) is 0.506. The third-order valence-electron chi connectivity index (χ3n) is 4.17. The first-order chi connectivity index (χ1) is 11.8. The van der Waals surface area contributed by atoms with Crippen LogP contribution in [0.5, 0.6) is 0 Å². The number of rotatable bonds is 3. The number of fused-ring (bicyclic) bond motifs is 1. The molecule has 0 spiro atoms. The van der Waals surface area contributed by atoms with Crippen LogP contribution in [-0.2, 0) is 0 Å². The van der Waals surface area contributed by atoms with Gasteiger partial charge in [-0.15, -0.1) is 0 Å². The van der Waals surface area contributed by atoms with Crippen molar-refractivity contribution in [3.8, 4) is 0 Å². The summed E-state index contributed by atoms with van der Waals surface area (Å²) in [6.07, 6.45) is 0. The van der Waals surface area contributed by atoms with E-state index in [1.807, 2.05) is 18.2 Å². The van der Waals surface area contributed by atoms with Crippen LogP contribution >= 0.6 is 0 Å². The SMILES string of the molecule is [B+2]c1ccc(N(c2ccccc2)c2cccc3ccccc23)cc1.[OH-].[OH-]. The van der Waals surface area contributed by atoms with Crippen LogP contribution < -0.4 is 10.4 Å². The number of anilines is 3. The molecule has 0 atom stereocenters. The molecule has 126 valence electrons. The van der Waals surface area contributed by atoms with E-state index >= 15 is 0 Å². The largest absolute Gasteiger partial charge is 0.870 e. The summed E-state index contributed by atoms with van der Waals surface area (Å²) in [5, 5.41) is 2.45. The molecule has 4 aromatic carbocycles. The minimum Gasteiger partial charge on any atom is -0.870 e. The van der Waals surface area contributed by atoms with Gasteiger partial charge in [-0.2, -0.15) is 0 Å². The molecule has 0 aliphatic heterocycles. The number of nitrogens with zero attached hydrogens (tertiary/aromatic N) is 1. The first-order valence-electron chi connectivity index (χ1n) is 8.01. The van der Waals surface area contributed by atoms with Crippen LogP contribution in [0.25, 0.3) is 10.8 Å². The summed E-state index contributed by atoms with van der Waals surface area (Å²) in [7, 11) is 5.88. The molecule has 0 saturated heterocycles. The van der Waals surface area contributed by atoms with Crippen molar-refractivity contribution in [2.45, 2.75) is 0 Å². The van der Waals surface area contributed by atoms with Crippen molar-refractivity contribution in [1.82, 2.24) is 0 Å². The van der Waals surface area contributed by atoms with Gasteiger partial charge in [0.2, 0.25) is 0 Å². The Morgan fingerprint density at radius 1 is 0.538 bits per heavy atom. The Kier molecular flexibility index (Phi) is 6.18. The normalized spacial score (nSPS) is 9.92. The molecule has 4 heteroatoms. The molecule has 3 nitrogen and oxygen atoms in total. The summed E-state index contributed by atoms with van der Waals surface area (Å²) >= 11 is 0. The van der Waals surface area contributed by atoms with Crippen molar-refractivity contribution in [1.29, 1.82) is 0 Å². The van der Waals surface area contributed by atoms with Crippen LogP contribution in [0.2, 0.25) is 0 Å². The summed E-state index contributed by atoms with van der Waals surface area (Å²) in [5.41, 5.74) is 4.14. The van der Waals surface area contributed by atoms with Gasteiger partial charge in [0.15, 0.2) is 0 Å². The molecule has 0 saturated carbocycles. The van der Waals surface area contributed by atoms with Gasteiger partial charge in [0.05, 0.1) is 0 Å². The Bertz CT molecular complexity index is 967. The first kappa shape index (κ1) is 19.3. The van der Waals surface area contributed by atoms with Gasteiger partial charge in [-0.05, 0) is 0 Å². The van der Waals surface area contributed by atoms with Crippen molar-refractivity contribution in [3.63, 3.8) is 0 Å². The second kappa shape index (κ2) is 8.34. The molecule has 4 aromatic rings. The predicted molar refractivity (Wildman–Crippen MR) is 108 cm³/mol. The zero-order valence-corrected chi connectivity index (χ0v) is 14.2. The minimum absolute atomic E-state index is 0. The van der Waals surface area contributed by atoms with E-state index < -0.39 is 0 Å². The Balaban J connectivity index is 0.00000121. The van der Waals surface area contributed by atoms with Gasteiger partial charge in [0.25, 0.3) is 0 Å². The maximum Gasteiger partial charge on any atom is -0.870 e. The van der Waals surface area contributed by atoms with E-state index in [4.69, 9.17) is 7.85 Å². The van der Waals surface area contributed by atoms with Crippen molar-refractivity contribution >= 4 is 41.1 Å². The minimum atomic E-state index is 0. The molecular weight excluding hydrogens is 321 g/mol. The third-order valence-corrected chi connectivity index (χ3v) is 4.17. The van der Waals surface area contributed by atoms with Crippen LogP contribution in [0.3, 0.4) is 0 Å². The molecule has 0 aromatic heterocycles. The molecule has 26 heavy (non-hydrogen) atoms. The van der Waals surface area contributed by atoms with Gasteiger partial charge in [-0.25, -0.2) is 0 Å². The molecule has 0 aliphatic carbocycles. The fourth-order valence-corrected chi connectivity index (χ4v) is 3.03. The summed E-state index contributed by atoms with van der Waals surface area (Å²) in [6.45, 7) is 0. The maximum absolute atomic E-state index is 5.88. The maximum atomic E-state index is 5.88. The molecule has 2 N–H and O–H groups in total. The summed E-state index contributed by atoms with van der Waals surface area (Å²) in [6, 6.07) is 33.3. The standard InChI is InChI=1S/C22H16BN.2H2O/c23-18-13-15-20(16-14-18)24(19-9-2-1-3-10-19)22-12-6-8-17-7-4-5-11-21(17)22;;/h1-16H;2*1H2/q+2;;/p-2. The zero-order valence-electron chi connectivity index (χ0n) is 14.2. The van der Waals surface area contributed by atoms with Gasteiger partial charge in [0, 0.05) is 0 Å². The molecule has 0 fully saturated rings. The number of para-hydroxylation sites is 1. The van der Waals surface area contributed by atoms with Crippen LogP contribution in [0.15, 0.2) is 97.1 Å². The van der Waals surface area contributed by atoms with Crippen molar-refractivity contribution in [2.75, 3.05) is 4.90 Å². The zero-order chi connectivity index (χ0) is 16.4. The van der Waals surface area contributed by atoms with Crippen LogP contribution in [0.1, 0.15) is 0 Å². The fourth-order valence-electron chi connectivity index (χ4n) is 3.03. The summed E-state index contributed by atoms with van der Waals surface area (Å²) in [4.78, 5) is 2.27. The predicted octanol–water partition coefficient (Wildman–Crippen LogP) is 4.75. The van der Waals surface area contributed by atoms with Gasteiger partial charge in [0.1, 0.15) is 0 Å². The fraction of sp³-hybridized carbons (Fsp3) is 0. The Labute approximate surface area is 154 Å². The van der Waals surface area contributed by atoms with E-state index in [1.54, 1.807) is 0 Å². The monoisotopic (exact) mass is 339 g/mol. The molecule has 4 rings (SSSR count). The molecule has 0 unspecified atom stereocenters. The van der Waals surface area contributed by atoms with E-state index in [0.717, 1.165) is 22.5 Å². The van der Waals surface area contributed by atoms with Crippen LogP contribution in [0.4, 0.5) is 17.1 Å². The summed E-state index contributed by atoms with van der Waals surface area (Å²) < 4.78 is 0. The van der Waals surface area contributed by atoms with E-state index in [9.17, 15) is 0 Å². The first-order valence-corrected chi connectivity index (χ1v) is 8.01. The van der Waals surface area contributed by atoms with E-state index in [1.165, 1.54) is 10.8 Å². The van der Waals surface area contributed by atoms with Gasteiger partial charge in [-0.3, -0.25) is 0 Å². The molecule has 0 aliphatic rings. The van der Waals surface area contributed by atoms with E-state index in [0.29, 0.717) is 0 Å². The Morgan fingerprint density at radius 2 is 1.12 bits per heavy atom. The Hall–Kier alpha value is -3.08. The van der Waals surface area contributed by atoms with Gasteiger partial charge >= 0.3 is 143 Å². The average molecular weight is 339 g/mol. The van der Waals surface area contributed by atoms with Crippen LogP contribution in [-0.4, -0.2) is 18.8 Å². The molecule has 0 bridgehead atoms. The molecule has 0 amide bonds. The topological polar surface area (TPSA) is 63.2 Å². The summed E-state index contributed by atoms with van der Waals surface area (Å²) in [5.74, 6) is 0. The second-order valence-corrected chi connectivity index (χ2v) is 5.76. The smallest absolute Gasteiger partial charge is 0.870 e. The third kappa shape index (κ3) is 3.62. The number of hydrogen-bond acceptors (Lipinski definition) is 3.